The lowest BCUT2D eigenvalue weighted by molar-refractivity contribution is 0.0982. The van der Waals surface area contributed by atoms with E-state index >= 15 is 0 Å². The van der Waals surface area contributed by atoms with Gasteiger partial charge in [-0.3, -0.25) is 14.4 Å². The maximum absolute atomic E-state index is 14.2. The molecule has 2 aromatic heterocycles. The lowest BCUT2D eigenvalue weighted by atomic mass is 10.2. The summed E-state index contributed by atoms with van der Waals surface area (Å²) in [5, 5.41) is 4.44. The number of carbonyl (C=O) groups excluding carboxylic acids is 1. The zero-order chi connectivity index (χ0) is 22.0. The second kappa shape index (κ2) is 8.56. The van der Waals surface area contributed by atoms with E-state index in [0.717, 1.165) is 0 Å². The molecular formula is C21H19FN4O3S2. The number of benzene rings is 2. The van der Waals surface area contributed by atoms with Crippen LogP contribution >= 0.6 is 11.3 Å². The van der Waals surface area contributed by atoms with E-state index in [1.165, 1.54) is 41.4 Å². The largest absolute Gasteiger partial charge is 0.282 e. The van der Waals surface area contributed by atoms with Crippen molar-refractivity contribution in [3.05, 3.63) is 72.3 Å². The van der Waals surface area contributed by atoms with Gasteiger partial charge in [-0.15, -0.1) is 0 Å². The first-order chi connectivity index (χ1) is 14.9. The van der Waals surface area contributed by atoms with Crippen LogP contribution in [0.25, 0.3) is 10.2 Å². The lowest BCUT2D eigenvalue weighted by Gasteiger charge is -2.21. The summed E-state index contributed by atoms with van der Waals surface area (Å²) in [7, 11) is -3.62. The summed E-state index contributed by atoms with van der Waals surface area (Å²) in [5.41, 5.74) is 0.235. The van der Waals surface area contributed by atoms with Crippen LogP contribution < -0.4 is 4.90 Å². The van der Waals surface area contributed by atoms with Crippen LogP contribution in [0, 0.1) is 5.82 Å². The number of halogens is 1. The topological polar surface area (TPSA) is 85.2 Å². The van der Waals surface area contributed by atoms with E-state index in [1.807, 2.05) is 0 Å². The normalized spacial score (nSPS) is 11.7. The van der Waals surface area contributed by atoms with Gasteiger partial charge in [0.05, 0.1) is 27.5 Å². The van der Waals surface area contributed by atoms with Crippen molar-refractivity contribution in [1.29, 1.82) is 0 Å². The van der Waals surface area contributed by atoms with E-state index in [9.17, 15) is 17.6 Å². The van der Waals surface area contributed by atoms with Crippen molar-refractivity contribution in [3.63, 3.8) is 0 Å². The Morgan fingerprint density at radius 3 is 2.68 bits per heavy atom. The van der Waals surface area contributed by atoms with Gasteiger partial charge < -0.3 is 0 Å². The third-order valence-corrected chi connectivity index (χ3v) is 7.61. The van der Waals surface area contributed by atoms with Crippen molar-refractivity contribution in [1.82, 2.24) is 14.8 Å². The molecule has 0 atom stereocenters. The van der Waals surface area contributed by atoms with Gasteiger partial charge in [0, 0.05) is 18.9 Å². The average molecular weight is 459 g/mol. The molecule has 0 spiro atoms. The predicted molar refractivity (Wildman–Crippen MR) is 118 cm³/mol. The number of nitrogens with zero attached hydrogens (tertiary/aromatic N) is 4. The van der Waals surface area contributed by atoms with Crippen molar-refractivity contribution in [2.75, 3.05) is 17.2 Å². The number of hydrogen-bond donors (Lipinski definition) is 0. The molecule has 0 unspecified atom stereocenters. The van der Waals surface area contributed by atoms with Gasteiger partial charge in [-0.2, -0.15) is 5.10 Å². The SMILES string of the molecule is CCS(=O)(=O)c1ccccc1C(=O)N(CCn1cccn1)c1nc2c(F)cccc2s1. The van der Waals surface area contributed by atoms with E-state index < -0.39 is 21.6 Å². The smallest absolute Gasteiger partial charge is 0.261 e. The summed E-state index contributed by atoms with van der Waals surface area (Å²) < 4.78 is 41.6. The van der Waals surface area contributed by atoms with Gasteiger partial charge in [0.1, 0.15) is 11.3 Å². The average Bonchev–Trinajstić information content (AvgIpc) is 3.44. The highest BCUT2D eigenvalue weighted by atomic mass is 32.2. The number of fused-ring (bicyclic) bond motifs is 1. The Bertz CT molecular complexity index is 1330. The van der Waals surface area contributed by atoms with Crippen LogP contribution in [0.4, 0.5) is 9.52 Å². The van der Waals surface area contributed by atoms with Crippen molar-refractivity contribution < 1.29 is 17.6 Å². The zero-order valence-corrected chi connectivity index (χ0v) is 18.2. The van der Waals surface area contributed by atoms with Crippen LogP contribution in [-0.4, -0.2) is 41.4 Å². The monoisotopic (exact) mass is 458 g/mol. The Morgan fingerprint density at radius 2 is 1.97 bits per heavy atom. The van der Waals surface area contributed by atoms with Crippen molar-refractivity contribution in [3.8, 4) is 0 Å². The molecule has 7 nitrogen and oxygen atoms in total. The first kappa shape index (κ1) is 21.1. The fraction of sp³-hybridized carbons (Fsp3) is 0.190. The molecule has 0 saturated heterocycles. The number of para-hydroxylation sites is 1. The number of sulfone groups is 1. The van der Waals surface area contributed by atoms with E-state index in [2.05, 4.69) is 10.1 Å². The van der Waals surface area contributed by atoms with E-state index in [1.54, 1.807) is 47.4 Å². The molecule has 0 aliphatic carbocycles. The van der Waals surface area contributed by atoms with Crippen molar-refractivity contribution >= 4 is 42.4 Å². The van der Waals surface area contributed by atoms with Crippen LogP contribution in [0.15, 0.2) is 65.8 Å². The van der Waals surface area contributed by atoms with Gasteiger partial charge in [-0.25, -0.2) is 17.8 Å². The number of carbonyl (C=O) groups is 1. The molecule has 10 heteroatoms. The zero-order valence-electron chi connectivity index (χ0n) is 16.6. The van der Waals surface area contributed by atoms with Crippen LogP contribution in [0.5, 0.6) is 0 Å². The summed E-state index contributed by atoms with van der Waals surface area (Å²) in [6.45, 7) is 2.07. The fourth-order valence-corrected chi connectivity index (χ4v) is 5.25. The molecule has 0 saturated carbocycles. The first-order valence-corrected chi connectivity index (χ1v) is 12.0. The number of aromatic nitrogens is 3. The minimum atomic E-state index is -3.62. The Kier molecular flexibility index (Phi) is 5.84. The second-order valence-corrected chi connectivity index (χ2v) is 9.96. The second-order valence-electron chi connectivity index (χ2n) is 6.71. The number of amides is 1. The van der Waals surface area contributed by atoms with Crippen molar-refractivity contribution in [2.45, 2.75) is 18.4 Å². The maximum atomic E-state index is 14.2. The first-order valence-electron chi connectivity index (χ1n) is 9.57. The van der Waals surface area contributed by atoms with Crippen LogP contribution in [0.1, 0.15) is 17.3 Å². The molecular weight excluding hydrogens is 439 g/mol. The molecule has 0 N–H and O–H groups in total. The molecule has 4 rings (SSSR count). The van der Waals surface area contributed by atoms with E-state index in [-0.39, 0.29) is 28.3 Å². The van der Waals surface area contributed by atoms with Gasteiger partial charge in [0.15, 0.2) is 15.0 Å². The molecule has 4 aromatic rings. The van der Waals surface area contributed by atoms with Crippen molar-refractivity contribution in [2.24, 2.45) is 0 Å². The molecule has 0 bridgehead atoms. The molecule has 2 heterocycles. The highest BCUT2D eigenvalue weighted by Crippen LogP contribution is 2.32. The molecule has 160 valence electrons. The van der Waals surface area contributed by atoms with Crippen LogP contribution in [0.3, 0.4) is 0 Å². The molecule has 1 amide bonds. The van der Waals surface area contributed by atoms with Gasteiger partial charge in [0.2, 0.25) is 0 Å². The van der Waals surface area contributed by atoms with Crippen LogP contribution in [-0.2, 0) is 16.4 Å². The Balaban J connectivity index is 1.79. The molecule has 2 aromatic carbocycles. The summed E-state index contributed by atoms with van der Waals surface area (Å²) >= 11 is 1.17. The Morgan fingerprint density at radius 1 is 1.16 bits per heavy atom. The summed E-state index contributed by atoms with van der Waals surface area (Å²) in [6, 6.07) is 12.5. The summed E-state index contributed by atoms with van der Waals surface area (Å²) in [6.07, 6.45) is 3.39. The Hall–Kier alpha value is -3.11. The number of rotatable bonds is 7. The molecule has 0 aliphatic heterocycles. The lowest BCUT2D eigenvalue weighted by Crippen LogP contribution is -2.35. The van der Waals surface area contributed by atoms with Crippen LogP contribution in [0.2, 0.25) is 0 Å². The van der Waals surface area contributed by atoms with Gasteiger partial charge in [0.25, 0.3) is 5.91 Å². The van der Waals surface area contributed by atoms with Gasteiger partial charge in [-0.1, -0.05) is 36.5 Å². The summed E-state index contributed by atoms with van der Waals surface area (Å²) in [4.78, 5) is 19.3. The quantitative estimate of drug-likeness (QED) is 0.421. The minimum absolute atomic E-state index is 0.0288. The molecule has 0 aliphatic rings. The standard InChI is InChI=1S/C21H19FN4O3S2/c1-2-31(28,29)18-10-4-3-7-15(18)20(27)26(14-13-25-12-6-11-23-25)21-24-19-16(22)8-5-9-17(19)30-21/h3-12H,2,13-14H2,1H3. The van der Waals surface area contributed by atoms with E-state index in [4.69, 9.17) is 0 Å². The highest BCUT2D eigenvalue weighted by Gasteiger charge is 2.27. The molecule has 0 fully saturated rings. The Labute approximate surface area is 182 Å². The highest BCUT2D eigenvalue weighted by molar-refractivity contribution is 7.91. The van der Waals surface area contributed by atoms with E-state index in [0.29, 0.717) is 16.4 Å². The van der Waals surface area contributed by atoms with Gasteiger partial charge in [-0.05, 0) is 30.3 Å². The number of hydrogen-bond acceptors (Lipinski definition) is 6. The third kappa shape index (κ3) is 4.21. The minimum Gasteiger partial charge on any atom is -0.282 e. The predicted octanol–water partition coefficient (Wildman–Crippen LogP) is 3.77. The molecule has 31 heavy (non-hydrogen) atoms. The maximum Gasteiger partial charge on any atom is 0.261 e. The number of anilines is 1. The van der Waals surface area contributed by atoms with Gasteiger partial charge >= 0.3 is 0 Å². The molecule has 0 radical (unpaired) electrons. The summed E-state index contributed by atoms with van der Waals surface area (Å²) in [5.74, 6) is -1.12. The number of thiazole rings is 1. The fourth-order valence-electron chi connectivity index (χ4n) is 3.15. The third-order valence-electron chi connectivity index (χ3n) is 4.78.